The summed E-state index contributed by atoms with van der Waals surface area (Å²) in [5, 5.41) is 4.15. The largest absolute Gasteiger partial charge is 0.449 e. The Kier molecular flexibility index (Phi) is 6.14. The highest BCUT2D eigenvalue weighted by Crippen LogP contribution is 2.29. The molecular formula is C23H21Cl2N3O3. The van der Waals surface area contributed by atoms with E-state index in [4.69, 9.17) is 32.9 Å². The van der Waals surface area contributed by atoms with E-state index < -0.39 is 18.0 Å². The van der Waals surface area contributed by atoms with Gasteiger partial charge in [-0.1, -0.05) is 41.4 Å². The Morgan fingerprint density at radius 2 is 1.97 bits per heavy atom. The number of aromatic nitrogens is 1. The van der Waals surface area contributed by atoms with Crippen molar-refractivity contribution in [2.75, 3.05) is 18.9 Å². The van der Waals surface area contributed by atoms with Crippen molar-refractivity contribution in [3.63, 3.8) is 0 Å². The van der Waals surface area contributed by atoms with E-state index in [0.29, 0.717) is 27.8 Å². The number of amides is 1. The zero-order chi connectivity index (χ0) is 22.1. The van der Waals surface area contributed by atoms with E-state index in [0.717, 1.165) is 35.1 Å². The third-order valence-corrected chi connectivity index (χ3v) is 5.83. The highest BCUT2D eigenvalue weighted by atomic mass is 35.5. The molecule has 3 aromatic rings. The van der Waals surface area contributed by atoms with Crippen molar-refractivity contribution in [2.24, 2.45) is 0 Å². The van der Waals surface area contributed by atoms with Crippen molar-refractivity contribution in [2.45, 2.75) is 26.0 Å². The number of likely N-dealkylation sites (N-methyl/N-ethyl adjacent to an activating group) is 1. The Bertz CT molecular complexity index is 1180. The average Bonchev–Trinajstić information content (AvgIpc) is 2.73. The molecule has 0 spiro atoms. The van der Waals surface area contributed by atoms with E-state index in [1.807, 2.05) is 31.3 Å². The predicted molar refractivity (Wildman–Crippen MR) is 122 cm³/mol. The topological polar surface area (TPSA) is 71.5 Å². The van der Waals surface area contributed by atoms with Gasteiger partial charge in [-0.15, -0.1) is 0 Å². The summed E-state index contributed by atoms with van der Waals surface area (Å²) < 4.78 is 5.58. The molecule has 2 heterocycles. The van der Waals surface area contributed by atoms with Crippen molar-refractivity contribution >= 4 is 51.7 Å². The van der Waals surface area contributed by atoms with Crippen LogP contribution in [0.2, 0.25) is 10.0 Å². The number of halogens is 2. The minimum absolute atomic E-state index is 0.302. The third-order valence-electron chi connectivity index (χ3n) is 5.28. The highest BCUT2D eigenvalue weighted by Gasteiger charge is 2.28. The fraction of sp³-hybridized carbons (Fsp3) is 0.261. The summed E-state index contributed by atoms with van der Waals surface area (Å²) in [5.74, 6) is -1.03. The molecule has 1 amide bonds. The molecule has 1 aliphatic rings. The molecule has 1 aliphatic heterocycles. The van der Waals surface area contributed by atoms with Crippen LogP contribution in [0.4, 0.5) is 5.69 Å². The molecule has 0 aliphatic carbocycles. The third kappa shape index (κ3) is 4.51. The van der Waals surface area contributed by atoms with Crippen molar-refractivity contribution in [3.05, 3.63) is 69.3 Å². The number of para-hydroxylation sites is 1. The second-order valence-electron chi connectivity index (χ2n) is 7.58. The van der Waals surface area contributed by atoms with E-state index in [2.05, 4.69) is 10.2 Å². The first-order valence-corrected chi connectivity index (χ1v) is 10.6. The van der Waals surface area contributed by atoms with Crippen molar-refractivity contribution in [3.8, 4) is 0 Å². The maximum absolute atomic E-state index is 13.2. The number of anilines is 1. The quantitative estimate of drug-likeness (QED) is 0.574. The average molecular weight is 458 g/mol. The van der Waals surface area contributed by atoms with Gasteiger partial charge in [0.1, 0.15) is 0 Å². The molecule has 0 saturated carbocycles. The van der Waals surface area contributed by atoms with Gasteiger partial charge in [0.15, 0.2) is 6.10 Å². The molecule has 0 fully saturated rings. The van der Waals surface area contributed by atoms with Crippen LogP contribution in [0.3, 0.4) is 0 Å². The summed E-state index contributed by atoms with van der Waals surface area (Å²) in [4.78, 5) is 32.7. The molecule has 2 aromatic carbocycles. The van der Waals surface area contributed by atoms with Gasteiger partial charge in [0.2, 0.25) is 0 Å². The lowest BCUT2D eigenvalue weighted by molar-refractivity contribution is -0.123. The van der Waals surface area contributed by atoms with E-state index in [1.165, 1.54) is 13.0 Å². The number of nitrogens with one attached hydrogen (secondary N) is 1. The molecule has 4 rings (SSSR count). The molecule has 0 saturated heterocycles. The van der Waals surface area contributed by atoms with Gasteiger partial charge in [-0.05, 0) is 38.2 Å². The summed E-state index contributed by atoms with van der Waals surface area (Å²) >= 11 is 12.0. The molecule has 1 aromatic heterocycles. The van der Waals surface area contributed by atoms with Crippen LogP contribution in [0, 0.1) is 0 Å². The smallest absolute Gasteiger partial charge is 0.339 e. The van der Waals surface area contributed by atoms with E-state index in [9.17, 15) is 9.59 Å². The number of nitrogens with zero attached hydrogens (tertiary/aromatic N) is 2. The standard InChI is InChI=1S/C23H21Cl2N3O3/c1-13(22(29)27-20-8-7-14(24)11-17(20)25)31-23(30)21-15-5-3-4-6-18(15)26-19-9-10-28(2)12-16(19)21/h3-8,11,13H,9-10,12H2,1-2H3,(H,27,29). The van der Waals surface area contributed by atoms with Crippen molar-refractivity contribution in [1.82, 2.24) is 9.88 Å². The summed E-state index contributed by atoms with van der Waals surface area (Å²) in [6.45, 7) is 2.99. The molecule has 8 heteroatoms. The maximum Gasteiger partial charge on any atom is 0.339 e. The predicted octanol–water partition coefficient (Wildman–Crippen LogP) is 4.71. The lowest BCUT2D eigenvalue weighted by Crippen LogP contribution is -2.32. The number of benzene rings is 2. The Hall–Kier alpha value is -2.67. The van der Waals surface area contributed by atoms with Gasteiger partial charge in [-0.2, -0.15) is 0 Å². The van der Waals surface area contributed by atoms with Gasteiger partial charge in [-0.25, -0.2) is 4.79 Å². The monoisotopic (exact) mass is 457 g/mol. The number of esters is 1. The number of hydrogen-bond donors (Lipinski definition) is 1. The van der Waals surface area contributed by atoms with Crippen molar-refractivity contribution in [1.29, 1.82) is 0 Å². The van der Waals surface area contributed by atoms with Crippen LogP contribution in [-0.4, -0.2) is 41.5 Å². The number of carbonyl (C=O) groups excluding carboxylic acids is 2. The van der Waals surface area contributed by atoms with Crippen LogP contribution >= 0.6 is 23.2 Å². The van der Waals surface area contributed by atoms with Gasteiger partial charge < -0.3 is 15.0 Å². The van der Waals surface area contributed by atoms with Crippen LogP contribution in [0.1, 0.15) is 28.5 Å². The minimum atomic E-state index is -1.02. The second kappa shape index (κ2) is 8.83. The molecule has 6 nitrogen and oxygen atoms in total. The number of fused-ring (bicyclic) bond motifs is 2. The van der Waals surface area contributed by atoms with E-state index >= 15 is 0 Å². The fourth-order valence-electron chi connectivity index (χ4n) is 3.66. The minimum Gasteiger partial charge on any atom is -0.449 e. The first kappa shape index (κ1) is 21.6. The Labute approximate surface area is 190 Å². The molecule has 0 bridgehead atoms. The van der Waals surface area contributed by atoms with Gasteiger partial charge in [0, 0.05) is 41.2 Å². The Morgan fingerprint density at radius 1 is 1.19 bits per heavy atom. The van der Waals surface area contributed by atoms with Crippen LogP contribution < -0.4 is 5.32 Å². The number of carbonyl (C=O) groups is 2. The van der Waals surface area contributed by atoms with Crippen molar-refractivity contribution < 1.29 is 14.3 Å². The summed E-state index contributed by atoms with van der Waals surface area (Å²) in [5.41, 5.74) is 3.35. The number of pyridine rings is 1. The van der Waals surface area contributed by atoms with Crippen LogP contribution in [0.5, 0.6) is 0 Å². The second-order valence-corrected chi connectivity index (χ2v) is 8.42. The normalized spacial score (nSPS) is 14.7. The van der Waals surface area contributed by atoms with Crippen LogP contribution in [-0.2, 0) is 22.5 Å². The first-order chi connectivity index (χ1) is 14.8. The number of ether oxygens (including phenoxy) is 1. The molecule has 1 atom stereocenters. The van der Waals surface area contributed by atoms with Gasteiger partial charge in [0.25, 0.3) is 5.91 Å². The van der Waals surface area contributed by atoms with Crippen LogP contribution in [0.25, 0.3) is 10.9 Å². The highest BCUT2D eigenvalue weighted by molar-refractivity contribution is 6.36. The van der Waals surface area contributed by atoms with Crippen LogP contribution in [0.15, 0.2) is 42.5 Å². The summed E-state index contributed by atoms with van der Waals surface area (Å²) in [6, 6.07) is 12.2. The van der Waals surface area contributed by atoms with E-state index in [1.54, 1.807) is 12.1 Å². The lowest BCUT2D eigenvalue weighted by atomic mass is 9.96. The zero-order valence-electron chi connectivity index (χ0n) is 17.1. The van der Waals surface area contributed by atoms with Gasteiger partial charge >= 0.3 is 5.97 Å². The Balaban J connectivity index is 1.60. The fourth-order valence-corrected chi connectivity index (χ4v) is 4.11. The Morgan fingerprint density at radius 3 is 2.74 bits per heavy atom. The van der Waals surface area contributed by atoms with Gasteiger partial charge in [-0.3, -0.25) is 9.78 Å². The molecule has 0 radical (unpaired) electrons. The molecule has 160 valence electrons. The molecule has 31 heavy (non-hydrogen) atoms. The van der Waals surface area contributed by atoms with E-state index in [-0.39, 0.29) is 0 Å². The SMILES string of the molecule is CC(OC(=O)c1c2c(nc3ccccc13)CCN(C)C2)C(=O)Nc1ccc(Cl)cc1Cl. The number of hydrogen-bond acceptors (Lipinski definition) is 5. The molecule has 1 unspecified atom stereocenters. The maximum atomic E-state index is 13.2. The zero-order valence-corrected chi connectivity index (χ0v) is 18.6. The summed E-state index contributed by atoms with van der Waals surface area (Å²) in [6.07, 6.45) is -0.273. The first-order valence-electron chi connectivity index (χ1n) is 9.89. The number of rotatable bonds is 4. The lowest BCUT2D eigenvalue weighted by Gasteiger charge is -2.27. The molecule has 1 N–H and O–H groups in total. The summed E-state index contributed by atoms with van der Waals surface area (Å²) in [7, 11) is 2.00. The van der Waals surface area contributed by atoms with Gasteiger partial charge in [0.05, 0.1) is 21.8 Å². The molecular weight excluding hydrogens is 437 g/mol.